The van der Waals surface area contributed by atoms with Gasteiger partial charge in [0.25, 0.3) is 5.91 Å². The van der Waals surface area contributed by atoms with E-state index in [2.05, 4.69) is 20.6 Å². The highest BCUT2D eigenvalue weighted by molar-refractivity contribution is 5.97. The third-order valence-corrected chi connectivity index (χ3v) is 4.89. The standard InChI is InChI=1S/C18H18FN5O3/c1-9-15(23-16(21-9)10-2-4-11(19)5-3-10)18(27)22-12-6-13-17(26)20-7-14(25)24(13)8-12/h2-5,12-13H,6-8H2,1H3,(H,20,26)(H,21,23)(H,22,27)/t12-,13+/m1/s1. The average Bonchev–Trinajstić information content (AvgIpc) is 3.23. The molecule has 0 bridgehead atoms. The van der Waals surface area contributed by atoms with Crippen LogP contribution in [0.2, 0.25) is 0 Å². The number of amides is 3. The SMILES string of the molecule is Cc1[nH]c(-c2ccc(F)cc2)nc1C(=O)N[C@@H]1C[C@H]2C(=O)NCC(=O)N2C1. The van der Waals surface area contributed by atoms with E-state index in [4.69, 9.17) is 0 Å². The number of imidazole rings is 1. The number of H-pyrrole nitrogens is 1. The predicted octanol–water partition coefficient (Wildman–Crippen LogP) is 0.353. The number of carbonyl (C=O) groups excluding carboxylic acids is 3. The van der Waals surface area contributed by atoms with Crippen LogP contribution in [0.5, 0.6) is 0 Å². The number of piperazine rings is 1. The van der Waals surface area contributed by atoms with Gasteiger partial charge in [-0.15, -0.1) is 0 Å². The number of aromatic nitrogens is 2. The van der Waals surface area contributed by atoms with Crippen molar-refractivity contribution < 1.29 is 18.8 Å². The largest absolute Gasteiger partial charge is 0.346 e. The molecule has 3 heterocycles. The number of rotatable bonds is 3. The van der Waals surface area contributed by atoms with E-state index in [-0.39, 0.29) is 41.8 Å². The molecule has 3 N–H and O–H groups in total. The number of carbonyl (C=O) groups is 3. The van der Waals surface area contributed by atoms with Crippen LogP contribution in [0.25, 0.3) is 11.4 Å². The van der Waals surface area contributed by atoms with Crippen LogP contribution in [0.15, 0.2) is 24.3 Å². The van der Waals surface area contributed by atoms with Gasteiger partial charge in [-0.2, -0.15) is 0 Å². The van der Waals surface area contributed by atoms with E-state index in [1.54, 1.807) is 19.1 Å². The molecular weight excluding hydrogens is 353 g/mol. The van der Waals surface area contributed by atoms with Crippen LogP contribution >= 0.6 is 0 Å². The number of hydrogen-bond acceptors (Lipinski definition) is 4. The molecule has 2 aliphatic heterocycles. The Kier molecular flexibility index (Phi) is 4.14. The van der Waals surface area contributed by atoms with Gasteiger partial charge in [0.05, 0.1) is 6.54 Å². The minimum atomic E-state index is -0.536. The van der Waals surface area contributed by atoms with Crippen molar-refractivity contribution in [3.63, 3.8) is 0 Å². The molecule has 8 nitrogen and oxygen atoms in total. The number of aromatic amines is 1. The van der Waals surface area contributed by atoms with Gasteiger partial charge in [-0.05, 0) is 37.6 Å². The fourth-order valence-corrected chi connectivity index (χ4v) is 3.53. The first kappa shape index (κ1) is 17.2. The number of nitrogens with one attached hydrogen (secondary N) is 3. The van der Waals surface area contributed by atoms with Crippen molar-refractivity contribution in [1.82, 2.24) is 25.5 Å². The van der Waals surface area contributed by atoms with Crippen LogP contribution < -0.4 is 10.6 Å². The highest BCUT2D eigenvalue weighted by Crippen LogP contribution is 2.22. The van der Waals surface area contributed by atoms with Crippen molar-refractivity contribution in [2.24, 2.45) is 0 Å². The number of benzene rings is 1. The number of halogens is 1. The van der Waals surface area contributed by atoms with Crippen LogP contribution in [-0.4, -0.2) is 57.8 Å². The lowest BCUT2D eigenvalue weighted by atomic mass is 10.1. The summed E-state index contributed by atoms with van der Waals surface area (Å²) >= 11 is 0. The minimum Gasteiger partial charge on any atom is -0.346 e. The molecule has 2 fully saturated rings. The molecule has 0 saturated carbocycles. The lowest BCUT2D eigenvalue weighted by Gasteiger charge is -2.28. The Morgan fingerprint density at radius 1 is 1.30 bits per heavy atom. The van der Waals surface area contributed by atoms with Crippen molar-refractivity contribution >= 4 is 17.7 Å². The number of nitrogens with zero attached hydrogens (tertiary/aromatic N) is 2. The zero-order valence-electron chi connectivity index (χ0n) is 14.6. The Morgan fingerprint density at radius 3 is 2.74 bits per heavy atom. The molecule has 1 aromatic heterocycles. The van der Waals surface area contributed by atoms with Crippen LogP contribution in [0.4, 0.5) is 4.39 Å². The van der Waals surface area contributed by atoms with Gasteiger partial charge in [-0.25, -0.2) is 9.37 Å². The summed E-state index contributed by atoms with van der Waals surface area (Å²) in [7, 11) is 0. The molecule has 1 aromatic carbocycles. The molecule has 2 aromatic rings. The molecule has 2 atom stereocenters. The monoisotopic (exact) mass is 371 g/mol. The van der Waals surface area contributed by atoms with E-state index in [1.807, 2.05) is 0 Å². The van der Waals surface area contributed by atoms with E-state index < -0.39 is 6.04 Å². The van der Waals surface area contributed by atoms with Crippen molar-refractivity contribution in [3.05, 3.63) is 41.5 Å². The van der Waals surface area contributed by atoms with Gasteiger partial charge in [0.15, 0.2) is 0 Å². The Morgan fingerprint density at radius 2 is 2.04 bits per heavy atom. The smallest absolute Gasteiger partial charge is 0.272 e. The van der Waals surface area contributed by atoms with Crippen molar-refractivity contribution in [2.75, 3.05) is 13.1 Å². The maximum absolute atomic E-state index is 13.1. The highest BCUT2D eigenvalue weighted by Gasteiger charge is 2.43. The Hall–Kier alpha value is -3.23. The van der Waals surface area contributed by atoms with Crippen LogP contribution in [0, 0.1) is 12.7 Å². The summed E-state index contributed by atoms with van der Waals surface area (Å²) in [5.41, 5.74) is 1.48. The molecule has 4 rings (SSSR count). The summed E-state index contributed by atoms with van der Waals surface area (Å²) in [5.74, 6) is -0.603. The van der Waals surface area contributed by atoms with Gasteiger partial charge in [-0.1, -0.05) is 0 Å². The quantitative estimate of drug-likeness (QED) is 0.724. The summed E-state index contributed by atoms with van der Waals surface area (Å²) in [6.45, 7) is 2.02. The highest BCUT2D eigenvalue weighted by atomic mass is 19.1. The van der Waals surface area contributed by atoms with Crippen LogP contribution in [0.1, 0.15) is 22.6 Å². The van der Waals surface area contributed by atoms with E-state index in [9.17, 15) is 18.8 Å². The first-order valence-corrected chi connectivity index (χ1v) is 8.63. The second kappa shape index (κ2) is 6.49. The zero-order valence-corrected chi connectivity index (χ0v) is 14.6. The average molecular weight is 371 g/mol. The Bertz CT molecular complexity index is 900. The van der Waals surface area contributed by atoms with E-state index >= 15 is 0 Å². The van der Waals surface area contributed by atoms with Gasteiger partial charge < -0.3 is 20.5 Å². The molecule has 0 aliphatic carbocycles. The molecule has 0 unspecified atom stereocenters. The van der Waals surface area contributed by atoms with E-state index in [0.717, 1.165) is 0 Å². The van der Waals surface area contributed by atoms with E-state index in [1.165, 1.54) is 17.0 Å². The molecular formula is C18H18FN5O3. The van der Waals surface area contributed by atoms with Crippen LogP contribution in [0.3, 0.4) is 0 Å². The Balaban J connectivity index is 1.48. The van der Waals surface area contributed by atoms with E-state index in [0.29, 0.717) is 30.0 Å². The third-order valence-electron chi connectivity index (χ3n) is 4.89. The van der Waals surface area contributed by atoms with Crippen LogP contribution in [-0.2, 0) is 9.59 Å². The maximum Gasteiger partial charge on any atom is 0.272 e. The summed E-state index contributed by atoms with van der Waals surface area (Å²) in [4.78, 5) is 45.3. The molecule has 2 aliphatic rings. The number of fused-ring (bicyclic) bond motifs is 1. The fourth-order valence-electron chi connectivity index (χ4n) is 3.53. The van der Waals surface area contributed by atoms with Crippen molar-refractivity contribution in [1.29, 1.82) is 0 Å². The Labute approximate surface area is 154 Å². The summed E-state index contributed by atoms with van der Waals surface area (Å²) in [6.07, 6.45) is 0.373. The molecule has 3 amide bonds. The molecule has 140 valence electrons. The second-order valence-electron chi connectivity index (χ2n) is 6.75. The molecule has 0 spiro atoms. The number of aryl methyl sites for hydroxylation is 1. The predicted molar refractivity (Wildman–Crippen MR) is 93.1 cm³/mol. The van der Waals surface area contributed by atoms with Gasteiger partial charge in [0, 0.05) is 23.8 Å². The number of hydrogen-bond donors (Lipinski definition) is 3. The first-order chi connectivity index (χ1) is 12.9. The zero-order chi connectivity index (χ0) is 19.1. The lowest BCUT2D eigenvalue weighted by Crippen LogP contribution is -2.55. The molecule has 2 saturated heterocycles. The summed E-state index contributed by atoms with van der Waals surface area (Å²) in [5, 5.41) is 5.41. The molecule has 9 heteroatoms. The summed E-state index contributed by atoms with van der Waals surface area (Å²) in [6, 6.07) is 4.95. The lowest BCUT2D eigenvalue weighted by molar-refractivity contribution is -0.143. The van der Waals surface area contributed by atoms with Gasteiger partial charge in [0.1, 0.15) is 23.4 Å². The van der Waals surface area contributed by atoms with Crippen molar-refractivity contribution in [3.8, 4) is 11.4 Å². The topological polar surface area (TPSA) is 107 Å². The third kappa shape index (κ3) is 3.16. The normalized spacial score (nSPS) is 21.8. The van der Waals surface area contributed by atoms with Gasteiger partial charge in [0.2, 0.25) is 11.8 Å². The second-order valence-corrected chi connectivity index (χ2v) is 6.75. The summed E-state index contributed by atoms with van der Waals surface area (Å²) < 4.78 is 13.1. The minimum absolute atomic E-state index is 0.00446. The molecule has 0 radical (unpaired) electrons. The fraction of sp³-hybridized carbons (Fsp3) is 0.333. The van der Waals surface area contributed by atoms with Crippen molar-refractivity contribution in [2.45, 2.75) is 25.4 Å². The maximum atomic E-state index is 13.1. The van der Waals surface area contributed by atoms with Gasteiger partial charge >= 0.3 is 0 Å². The van der Waals surface area contributed by atoms with Gasteiger partial charge in [-0.3, -0.25) is 14.4 Å². The first-order valence-electron chi connectivity index (χ1n) is 8.63. The molecule has 27 heavy (non-hydrogen) atoms.